The van der Waals surface area contributed by atoms with E-state index in [1.807, 2.05) is 12.2 Å². The van der Waals surface area contributed by atoms with Gasteiger partial charge in [0.1, 0.15) is 0 Å². The quantitative estimate of drug-likeness (QED) is 0.537. The lowest BCUT2D eigenvalue weighted by atomic mass is 10.3. The van der Waals surface area contributed by atoms with E-state index in [2.05, 4.69) is 32.4 Å². The normalized spacial score (nSPS) is 11.8. The summed E-state index contributed by atoms with van der Waals surface area (Å²) in [5.41, 5.74) is 0. The van der Waals surface area contributed by atoms with Crippen LogP contribution in [0.1, 0.15) is 26.7 Å². The number of hydrogen-bond donors (Lipinski definition) is 0. The zero-order valence-corrected chi connectivity index (χ0v) is 6.22. The number of hydrogen-bond acceptors (Lipinski definition) is 0. The summed E-state index contributed by atoms with van der Waals surface area (Å²) < 4.78 is 0. The van der Waals surface area contributed by atoms with Crippen molar-refractivity contribution in [2.45, 2.75) is 26.7 Å². The largest absolute Gasteiger partial charge is 0.0879 e. The smallest absolute Gasteiger partial charge is 0.0337 e. The van der Waals surface area contributed by atoms with Crippen molar-refractivity contribution in [2.75, 3.05) is 0 Å². The van der Waals surface area contributed by atoms with E-state index in [1.165, 1.54) is 0 Å². The van der Waals surface area contributed by atoms with E-state index < -0.39 is 0 Å². The molecule has 0 N–H and O–H groups in total. The van der Waals surface area contributed by atoms with E-state index in [-0.39, 0.29) is 0 Å². The molecule has 0 aliphatic rings. The van der Waals surface area contributed by atoms with Crippen molar-refractivity contribution in [2.24, 2.45) is 0 Å². The lowest BCUT2D eigenvalue weighted by Crippen LogP contribution is -1.60. The van der Waals surface area contributed by atoms with Crippen LogP contribution in [0.15, 0.2) is 24.3 Å². The Bertz CT molecular complexity index is 76.2. The molecule has 0 aliphatic heterocycles. The molecule has 50 valence electrons. The van der Waals surface area contributed by atoms with Gasteiger partial charge >= 0.3 is 0 Å². The van der Waals surface area contributed by atoms with Crippen LogP contribution in [-0.4, -0.2) is 0 Å². The lowest BCUT2D eigenvalue weighted by Gasteiger charge is -1.78. The maximum Gasteiger partial charge on any atom is 0.0337 e. The minimum Gasteiger partial charge on any atom is -0.0879 e. The Morgan fingerprint density at radius 2 is 1.44 bits per heavy atom. The molecule has 9 heavy (non-hydrogen) atoms. The predicted octanol–water partition coefficient (Wildman–Crippen LogP) is 3.00. The van der Waals surface area contributed by atoms with Crippen molar-refractivity contribution < 1.29 is 0 Å². The summed E-state index contributed by atoms with van der Waals surface area (Å²) in [5.74, 6) is 0. The highest BCUT2D eigenvalue weighted by Crippen LogP contribution is 1.87. The minimum absolute atomic E-state index is 1.09. The van der Waals surface area contributed by atoms with Gasteiger partial charge in [-0.25, -0.2) is 0 Å². The number of allylic oxidation sites excluding steroid dienone is 4. The summed E-state index contributed by atoms with van der Waals surface area (Å²) in [7, 11) is 0. The molecule has 0 aromatic heterocycles. The molecule has 0 bridgehead atoms. The monoisotopic (exact) mass is 122 g/mol. The van der Waals surface area contributed by atoms with E-state index in [1.54, 1.807) is 0 Å². The van der Waals surface area contributed by atoms with Crippen LogP contribution in [0.3, 0.4) is 0 Å². The summed E-state index contributed by atoms with van der Waals surface area (Å²) in [6.45, 7) is 4.23. The zero-order valence-electron chi connectivity index (χ0n) is 6.22. The molecular weight excluding hydrogens is 108 g/mol. The Kier molecular flexibility index (Phi) is 7.05. The molecule has 0 nitrogen and oxygen atoms in total. The SMILES string of the molecule is CCC=C[C]C=CCC. The summed E-state index contributed by atoms with van der Waals surface area (Å²) >= 11 is 0. The van der Waals surface area contributed by atoms with Crippen LogP contribution in [0, 0.1) is 6.42 Å². The molecule has 0 rings (SSSR count). The van der Waals surface area contributed by atoms with Gasteiger partial charge in [0.15, 0.2) is 0 Å². The van der Waals surface area contributed by atoms with E-state index in [0.717, 1.165) is 12.8 Å². The van der Waals surface area contributed by atoms with Crippen molar-refractivity contribution in [3.63, 3.8) is 0 Å². The fourth-order valence-corrected chi connectivity index (χ4v) is 0.427. The number of rotatable bonds is 4. The van der Waals surface area contributed by atoms with Crippen LogP contribution < -0.4 is 0 Å². The first-order chi connectivity index (χ1) is 4.41. The third-order valence-electron chi connectivity index (χ3n) is 0.900. The molecule has 0 aromatic rings. The van der Waals surface area contributed by atoms with Crippen molar-refractivity contribution in [3.05, 3.63) is 30.7 Å². The van der Waals surface area contributed by atoms with E-state index in [9.17, 15) is 0 Å². The third-order valence-corrected chi connectivity index (χ3v) is 0.900. The standard InChI is InChI=1S/C9H14/c1-3-5-7-9-8-6-4-2/h5-8H,3-4H2,1-2H3. The Morgan fingerprint density at radius 3 is 1.78 bits per heavy atom. The highest BCUT2D eigenvalue weighted by Gasteiger charge is 1.69. The van der Waals surface area contributed by atoms with Crippen LogP contribution in [0.5, 0.6) is 0 Å². The van der Waals surface area contributed by atoms with Gasteiger partial charge in [-0.1, -0.05) is 38.2 Å². The Balaban J connectivity index is 3.08. The molecule has 0 saturated heterocycles. The minimum atomic E-state index is 1.09. The van der Waals surface area contributed by atoms with Gasteiger partial charge in [0.25, 0.3) is 0 Å². The van der Waals surface area contributed by atoms with Gasteiger partial charge < -0.3 is 0 Å². The van der Waals surface area contributed by atoms with Crippen LogP contribution >= 0.6 is 0 Å². The second kappa shape index (κ2) is 7.48. The molecule has 0 atom stereocenters. The molecule has 0 unspecified atom stereocenters. The predicted molar refractivity (Wildman–Crippen MR) is 42.1 cm³/mol. The molecule has 0 heterocycles. The van der Waals surface area contributed by atoms with Gasteiger partial charge in [-0.15, -0.1) is 0 Å². The fraction of sp³-hybridized carbons (Fsp3) is 0.444. The molecule has 2 radical (unpaired) electrons. The van der Waals surface area contributed by atoms with Crippen molar-refractivity contribution in [1.29, 1.82) is 0 Å². The van der Waals surface area contributed by atoms with E-state index >= 15 is 0 Å². The molecule has 0 heteroatoms. The summed E-state index contributed by atoms with van der Waals surface area (Å²) in [4.78, 5) is 0. The molecular formula is C9H14. The topological polar surface area (TPSA) is 0 Å². The average Bonchev–Trinajstić information content (AvgIpc) is 1.89. The highest BCUT2D eigenvalue weighted by molar-refractivity contribution is 5.07. The van der Waals surface area contributed by atoms with Gasteiger partial charge in [0.2, 0.25) is 0 Å². The van der Waals surface area contributed by atoms with Crippen LogP contribution in [0.4, 0.5) is 0 Å². The van der Waals surface area contributed by atoms with Gasteiger partial charge in [0.05, 0.1) is 0 Å². The van der Waals surface area contributed by atoms with Crippen molar-refractivity contribution in [3.8, 4) is 0 Å². The van der Waals surface area contributed by atoms with Crippen LogP contribution in [-0.2, 0) is 0 Å². The van der Waals surface area contributed by atoms with Crippen LogP contribution in [0.25, 0.3) is 0 Å². The van der Waals surface area contributed by atoms with E-state index in [0.29, 0.717) is 0 Å². The average molecular weight is 122 g/mol. The van der Waals surface area contributed by atoms with Gasteiger partial charge in [-0.2, -0.15) is 0 Å². The fourth-order valence-electron chi connectivity index (χ4n) is 0.427. The van der Waals surface area contributed by atoms with Gasteiger partial charge in [-0.05, 0) is 12.8 Å². The first-order valence-corrected chi connectivity index (χ1v) is 3.47. The Morgan fingerprint density at radius 1 is 1.00 bits per heavy atom. The maximum atomic E-state index is 3.03. The van der Waals surface area contributed by atoms with Gasteiger partial charge in [0, 0.05) is 6.42 Å². The molecule has 0 amide bonds. The Hall–Kier alpha value is -0.520. The van der Waals surface area contributed by atoms with Crippen molar-refractivity contribution >= 4 is 0 Å². The lowest BCUT2D eigenvalue weighted by molar-refractivity contribution is 1.21. The molecule has 0 fully saturated rings. The van der Waals surface area contributed by atoms with E-state index in [4.69, 9.17) is 0 Å². The van der Waals surface area contributed by atoms with Crippen molar-refractivity contribution in [1.82, 2.24) is 0 Å². The zero-order chi connectivity index (χ0) is 6.95. The first-order valence-electron chi connectivity index (χ1n) is 3.47. The molecule has 0 aliphatic carbocycles. The van der Waals surface area contributed by atoms with Crippen LogP contribution in [0.2, 0.25) is 0 Å². The highest BCUT2D eigenvalue weighted by atomic mass is 13.7. The first kappa shape index (κ1) is 8.48. The third kappa shape index (κ3) is 7.48. The molecule has 0 spiro atoms. The molecule has 0 saturated carbocycles. The second-order valence-corrected chi connectivity index (χ2v) is 1.79. The summed E-state index contributed by atoms with van der Waals surface area (Å²) in [6, 6.07) is 0. The maximum absolute atomic E-state index is 3.03. The summed E-state index contributed by atoms with van der Waals surface area (Å²) in [6.07, 6.45) is 13.3. The second-order valence-electron chi connectivity index (χ2n) is 1.79. The summed E-state index contributed by atoms with van der Waals surface area (Å²) in [5, 5.41) is 0. The molecule has 0 aromatic carbocycles. The Labute approximate surface area is 58.3 Å². The van der Waals surface area contributed by atoms with Gasteiger partial charge in [-0.3, -0.25) is 0 Å².